The SMILES string of the molecule is CCOc1cc(C(=O)Nc2ccc(S(=O)(=O)Nc3cc(C)nc(C)n3)cc2)ncn1. The van der Waals surface area contributed by atoms with Gasteiger partial charge >= 0.3 is 0 Å². The minimum Gasteiger partial charge on any atom is -0.478 e. The number of sulfonamides is 1. The van der Waals surface area contributed by atoms with Gasteiger partial charge < -0.3 is 10.1 Å². The van der Waals surface area contributed by atoms with Crippen molar-refractivity contribution in [1.82, 2.24) is 19.9 Å². The number of carbonyl (C=O) groups is 1. The fourth-order valence-electron chi connectivity index (χ4n) is 2.57. The number of nitrogens with zero attached hydrogens (tertiary/aromatic N) is 4. The Balaban J connectivity index is 1.72. The van der Waals surface area contributed by atoms with Crippen molar-refractivity contribution in [1.29, 1.82) is 0 Å². The van der Waals surface area contributed by atoms with Gasteiger partial charge in [-0.25, -0.2) is 28.4 Å². The number of aryl methyl sites for hydroxylation is 2. The average molecular weight is 428 g/mol. The Hall–Kier alpha value is -3.60. The fourth-order valence-corrected chi connectivity index (χ4v) is 3.56. The number of amides is 1. The number of ether oxygens (including phenoxy) is 1. The first-order valence-electron chi connectivity index (χ1n) is 8.98. The lowest BCUT2D eigenvalue weighted by molar-refractivity contribution is 0.102. The summed E-state index contributed by atoms with van der Waals surface area (Å²) in [6.45, 7) is 5.64. The van der Waals surface area contributed by atoms with Crippen LogP contribution in [0.5, 0.6) is 5.88 Å². The largest absolute Gasteiger partial charge is 0.478 e. The lowest BCUT2D eigenvalue weighted by Gasteiger charge is -2.10. The van der Waals surface area contributed by atoms with Gasteiger partial charge in [-0.15, -0.1) is 0 Å². The van der Waals surface area contributed by atoms with Gasteiger partial charge in [0.1, 0.15) is 23.7 Å². The van der Waals surface area contributed by atoms with Gasteiger partial charge in [0.15, 0.2) is 0 Å². The summed E-state index contributed by atoms with van der Waals surface area (Å²) in [6.07, 6.45) is 1.23. The third kappa shape index (κ3) is 5.26. The van der Waals surface area contributed by atoms with E-state index in [1.807, 2.05) is 0 Å². The zero-order chi connectivity index (χ0) is 21.7. The molecular formula is C19H20N6O4S. The summed E-state index contributed by atoms with van der Waals surface area (Å²) in [7, 11) is -3.85. The van der Waals surface area contributed by atoms with Crippen LogP contribution in [0, 0.1) is 13.8 Å². The molecule has 0 atom stereocenters. The highest BCUT2D eigenvalue weighted by Gasteiger charge is 2.16. The molecule has 0 bridgehead atoms. The highest BCUT2D eigenvalue weighted by molar-refractivity contribution is 7.92. The predicted octanol–water partition coefficient (Wildman–Crippen LogP) is 2.34. The molecule has 0 fully saturated rings. The van der Waals surface area contributed by atoms with E-state index >= 15 is 0 Å². The molecule has 0 spiro atoms. The Bertz CT molecular complexity index is 1150. The van der Waals surface area contributed by atoms with Crippen LogP contribution in [0.4, 0.5) is 11.5 Å². The number of aromatic nitrogens is 4. The molecule has 2 aromatic heterocycles. The first-order valence-corrected chi connectivity index (χ1v) is 10.5. The maximum absolute atomic E-state index is 12.6. The minimum absolute atomic E-state index is 0.0232. The fraction of sp³-hybridized carbons (Fsp3) is 0.211. The molecule has 3 aromatic rings. The lowest BCUT2D eigenvalue weighted by atomic mass is 10.3. The summed E-state index contributed by atoms with van der Waals surface area (Å²) in [4.78, 5) is 28.4. The molecular weight excluding hydrogens is 408 g/mol. The smallest absolute Gasteiger partial charge is 0.274 e. The van der Waals surface area contributed by atoms with E-state index in [4.69, 9.17) is 4.74 Å². The summed E-state index contributed by atoms with van der Waals surface area (Å²) in [5, 5.41) is 2.65. The van der Waals surface area contributed by atoms with Crippen molar-refractivity contribution in [3.63, 3.8) is 0 Å². The molecule has 1 amide bonds. The van der Waals surface area contributed by atoms with E-state index in [-0.39, 0.29) is 16.4 Å². The zero-order valence-electron chi connectivity index (χ0n) is 16.6. The molecule has 0 aliphatic heterocycles. The van der Waals surface area contributed by atoms with E-state index in [0.717, 1.165) is 0 Å². The Morgan fingerprint density at radius 3 is 2.47 bits per heavy atom. The molecule has 0 radical (unpaired) electrons. The molecule has 2 heterocycles. The van der Waals surface area contributed by atoms with Gasteiger partial charge in [-0.1, -0.05) is 0 Å². The molecule has 0 saturated heterocycles. The molecule has 11 heteroatoms. The maximum Gasteiger partial charge on any atom is 0.274 e. The van der Waals surface area contributed by atoms with Gasteiger partial charge in [0, 0.05) is 23.5 Å². The summed E-state index contributed by atoms with van der Waals surface area (Å²) in [5.41, 5.74) is 1.18. The van der Waals surface area contributed by atoms with Crippen molar-refractivity contribution >= 4 is 27.4 Å². The number of nitrogens with one attached hydrogen (secondary N) is 2. The van der Waals surface area contributed by atoms with Crippen molar-refractivity contribution in [3.05, 3.63) is 59.9 Å². The van der Waals surface area contributed by atoms with Crippen LogP contribution in [-0.4, -0.2) is 40.9 Å². The third-order valence-electron chi connectivity index (χ3n) is 3.79. The molecule has 0 saturated carbocycles. The molecule has 0 unspecified atom stereocenters. The molecule has 3 rings (SSSR count). The van der Waals surface area contributed by atoms with E-state index in [1.165, 1.54) is 42.7 Å². The minimum atomic E-state index is -3.85. The third-order valence-corrected chi connectivity index (χ3v) is 5.16. The molecule has 0 aliphatic carbocycles. The standard InChI is InChI=1S/C19H20N6O4S/c1-4-29-18-10-16(20-11-21-18)19(26)24-14-5-7-15(8-6-14)30(27,28)25-17-9-12(2)22-13(3)23-17/h5-11H,4H2,1-3H3,(H,24,26)(H,22,23,25). The van der Waals surface area contributed by atoms with Crippen molar-refractivity contribution in [2.24, 2.45) is 0 Å². The second-order valence-corrected chi connectivity index (χ2v) is 7.88. The summed E-state index contributed by atoms with van der Waals surface area (Å²) in [6, 6.07) is 8.68. The van der Waals surface area contributed by atoms with Gasteiger partial charge in [0.05, 0.1) is 11.5 Å². The van der Waals surface area contributed by atoms with Crippen molar-refractivity contribution in [2.75, 3.05) is 16.6 Å². The molecule has 2 N–H and O–H groups in total. The van der Waals surface area contributed by atoms with Crippen molar-refractivity contribution in [2.45, 2.75) is 25.7 Å². The Morgan fingerprint density at radius 1 is 1.07 bits per heavy atom. The van der Waals surface area contributed by atoms with Crippen LogP contribution in [0.25, 0.3) is 0 Å². The van der Waals surface area contributed by atoms with E-state index in [0.29, 0.717) is 29.7 Å². The number of hydrogen-bond acceptors (Lipinski definition) is 8. The number of carbonyl (C=O) groups excluding carboxylic acids is 1. The monoisotopic (exact) mass is 428 g/mol. The highest BCUT2D eigenvalue weighted by atomic mass is 32.2. The first-order chi connectivity index (χ1) is 14.3. The highest BCUT2D eigenvalue weighted by Crippen LogP contribution is 2.18. The van der Waals surface area contributed by atoms with Crippen molar-refractivity contribution < 1.29 is 17.9 Å². The molecule has 0 aliphatic rings. The van der Waals surface area contributed by atoms with Crippen LogP contribution in [0.3, 0.4) is 0 Å². The second kappa shape index (κ2) is 8.82. The second-order valence-electron chi connectivity index (χ2n) is 6.20. The van der Waals surface area contributed by atoms with Gasteiger partial charge in [-0.05, 0) is 45.0 Å². The quantitative estimate of drug-likeness (QED) is 0.585. The Kier molecular flexibility index (Phi) is 6.21. The summed E-state index contributed by atoms with van der Waals surface area (Å²) >= 11 is 0. The topological polar surface area (TPSA) is 136 Å². The van der Waals surface area contributed by atoms with E-state index in [2.05, 4.69) is 30.0 Å². The van der Waals surface area contributed by atoms with Crippen molar-refractivity contribution in [3.8, 4) is 5.88 Å². The average Bonchev–Trinajstić information content (AvgIpc) is 2.68. The van der Waals surface area contributed by atoms with Crippen LogP contribution in [0.15, 0.2) is 47.6 Å². The van der Waals surface area contributed by atoms with Crippen LogP contribution in [0.1, 0.15) is 28.9 Å². The van der Waals surface area contributed by atoms with E-state index < -0.39 is 15.9 Å². The van der Waals surface area contributed by atoms with E-state index in [9.17, 15) is 13.2 Å². The number of anilines is 2. The number of hydrogen-bond donors (Lipinski definition) is 2. The zero-order valence-corrected chi connectivity index (χ0v) is 17.4. The Morgan fingerprint density at radius 2 is 1.80 bits per heavy atom. The van der Waals surface area contributed by atoms with Crippen LogP contribution in [-0.2, 0) is 10.0 Å². The van der Waals surface area contributed by atoms with Crippen LogP contribution in [0.2, 0.25) is 0 Å². The van der Waals surface area contributed by atoms with Gasteiger partial charge in [0.25, 0.3) is 15.9 Å². The van der Waals surface area contributed by atoms with E-state index in [1.54, 1.807) is 20.8 Å². The maximum atomic E-state index is 12.6. The number of rotatable bonds is 7. The molecule has 30 heavy (non-hydrogen) atoms. The number of benzene rings is 1. The molecule has 10 nitrogen and oxygen atoms in total. The summed E-state index contributed by atoms with van der Waals surface area (Å²) < 4.78 is 32.9. The van der Waals surface area contributed by atoms with Gasteiger partial charge in [0.2, 0.25) is 5.88 Å². The molecule has 156 valence electrons. The predicted molar refractivity (Wildman–Crippen MR) is 110 cm³/mol. The van der Waals surface area contributed by atoms with Gasteiger partial charge in [-0.3, -0.25) is 9.52 Å². The lowest BCUT2D eigenvalue weighted by Crippen LogP contribution is -2.16. The van der Waals surface area contributed by atoms with Crippen LogP contribution >= 0.6 is 0 Å². The van der Waals surface area contributed by atoms with Gasteiger partial charge in [-0.2, -0.15) is 0 Å². The Labute approximate surface area is 173 Å². The summed E-state index contributed by atoms with van der Waals surface area (Å²) in [5.74, 6) is 0.466. The molecule has 1 aromatic carbocycles. The normalized spacial score (nSPS) is 11.0. The van der Waals surface area contributed by atoms with Crippen LogP contribution < -0.4 is 14.8 Å². The first kappa shape index (κ1) is 21.1.